The molecule has 0 saturated carbocycles. The first-order valence-corrected chi connectivity index (χ1v) is 6.06. The van der Waals surface area contributed by atoms with Crippen LogP contribution in [0.3, 0.4) is 0 Å². The second kappa shape index (κ2) is 4.88. The zero-order valence-corrected chi connectivity index (χ0v) is 11.0. The van der Waals surface area contributed by atoms with Crippen molar-refractivity contribution in [2.75, 3.05) is 13.7 Å². The van der Waals surface area contributed by atoms with Crippen molar-refractivity contribution in [3.05, 3.63) is 29.6 Å². The fourth-order valence-corrected chi connectivity index (χ4v) is 2.06. The van der Waals surface area contributed by atoms with Crippen molar-refractivity contribution in [3.63, 3.8) is 0 Å². The third-order valence-electron chi connectivity index (χ3n) is 3.40. The summed E-state index contributed by atoms with van der Waals surface area (Å²) in [6.45, 7) is 7.26. The van der Waals surface area contributed by atoms with Gasteiger partial charge in [0.05, 0.1) is 17.4 Å². The number of nitrogens with zero attached hydrogens (tertiary/aromatic N) is 2. The van der Waals surface area contributed by atoms with Crippen LogP contribution in [0.4, 0.5) is 0 Å². The van der Waals surface area contributed by atoms with E-state index < -0.39 is 0 Å². The number of benzene rings is 1. The van der Waals surface area contributed by atoms with Crippen molar-refractivity contribution >= 4 is 11.0 Å². The molecule has 3 heteroatoms. The van der Waals surface area contributed by atoms with Gasteiger partial charge < -0.3 is 9.30 Å². The molecule has 2 rings (SSSR count). The molecule has 1 atom stereocenters. The predicted molar refractivity (Wildman–Crippen MR) is 70.4 cm³/mol. The van der Waals surface area contributed by atoms with E-state index in [1.54, 1.807) is 7.11 Å². The van der Waals surface area contributed by atoms with Crippen LogP contribution in [-0.4, -0.2) is 23.3 Å². The van der Waals surface area contributed by atoms with Crippen LogP contribution in [0.1, 0.15) is 30.5 Å². The minimum Gasteiger partial charge on any atom is -0.385 e. The quantitative estimate of drug-likeness (QED) is 0.809. The summed E-state index contributed by atoms with van der Waals surface area (Å²) >= 11 is 0. The lowest BCUT2D eigenvalue weighted by atomic mass is 10.1. The Hall–Kier alpha value is -1.35. The van der Waals surface area contributed by atoms with Crippen molar-refractivity contribution in [2.45, 2.75) is 33.2 Å². The Bertz CT molecular complexity index is 516. The molecule has 0 amide bonds. The van der Waals surface area contributed by atoms with E-state index in [1.165, 1.54) is 16.6 Å². The average molecular weight is 232 g/mol. The van der Waals surface area contributed by atoms with Crippen LogP contribution >= 0.6 is 0 Å². The topological polar surface area (TPSA) is 27.1 Å². The molecule has 0 fully saturated rings. The molecule has 1 aromatic heterocycles. The molecule has 0 aliphatic carbocycles. The van der Waals surface area contributed by atoms with Crippen LogP contribution in [0.2, 0.25) is 0 Å². The fraction of sp³-hybridized carbons (Fsp3) is 0.500. The maximum absolute atomic E-state index is 5.13. The van der Waals surface area contributed by atoms with E-state index in [1.807, 2.05) is 6.33 Å². The lowest BCUT2D eigenvalue weighted by Gasteiger charge is -2.14. The first kappa shape index (κ1) is 12.1. The molecule has 0 N–H and O–H groups in total. The van der Waals surface area contributed by atoms with Crippen molar-refractivity contribution in [3.8, 4) is 0 Å². The van der Waals surface area contributed by atoms with Gasteiger partial charge in [-0.3, -0.25) is 0 Å². The molecule has 92 valence electrons. The van der Waals surface area contributed by atoms with E-state index >= 15 is 0 Å². The molecule has 1 heterocycles. The molecule has 0 spiro atoms. The summed E-state index contributed by atoms with van der Waals surface area (Å²) in [5.74, 6) is 0. The number of aryl methyl sites for hydroxylation is 2. The Morgan fingerprint density at radius 1 is 1.29 bits per heavy atom. The minimum atomic E-state index is 0.419. The van der Waals surface area contributed by atoms with Crippen LogP contribution in [-0.2, 0) is 4.74 Å². The lowest BCUT2D eigenvalue weighted by Crippen LogP contribution is -2.06. The maximum atomic E-state index is 5.13. The normalized spacial score (nSPS) is 13.2. The number of fused-ring (bicyclic) bond motifs is 1. The third kappa shape index (κ3) is 2.34. The standard InChI is InChI=1S/C14H20N2O/c1-10-7-13-14(8-11(10)2)16(9-15-13)12(3)5-6-17-4/h7-9,12H,5-6H2,1-4H3. The Kier molecular flexibility index (Phi) is 3.48. The lowest BCUT2D eigenvalue weighted by molar-refractivity contribution is 0.181. The first-order valence-electron chi connectivity index (χ1n) is 6.06. The SMILES string of the molecule is COCCC(C)n1cnc2cc(C)c(C)cc21. The molecule has 0 bridgehead atoms. The van der Waals surface area contributed by atoms with E-state index in [0.717, 1.165) is 18.5 Å². The van der Waals surface area contributed by atoms with Gasteiger partial charge in [-0.1, -0.05) is 0 Å². The number of ether oxygens (including phenoxy) is 1. The van der Waals surface area contributed by atoms with Crippen LogP contribution in [0.25, 0.3) is 11.0 Å². The van der Waals surface area contributed by atoms with E-state index in [9.17, 15) is 0 Å². The van der Waals surface area contributed by atoms with Gasteiger partial charge in [0.2, 0.25) is 0 Å². The molecule has 0 aliphatic rings. The highest BCUT2D eigenvalue weighted by Crippen LogP contribution is 2.22. The number of rotatable bonds is 4. The van der Waals surface area contributed by atoms with Crippen LogP contribution < -0.4 is 0 Å². The molecule has 0 aliphatic heterocycles. The number of aromatic nitrogens is 2. The summed E-state index contributed by atoms with van der Waals surface area (Å²) in [6, 6.07) is 4.80. The summed E-state index contributed by atoms with van der Waals surface area (Å²) in [5.41, 5.74) is 4.92. The van der Waals surface area contributed by atoms with Gasteiger partial charge in [-0.25, -0.2) is 4.98 Å². The van der Waals surface area contributed by atoms with Gasteiger partial charge in [0.15, 0.2) is 0 Å². The summed E-state index contributed by atoms with van der Waals surface area (Å²) < 4.78 is 7.37. The molecular weight excluding hydrogens is 212 g/mol. The zero-order valence-electron chi connectivity index (χ0n) is 11.0. The van der Waals surface area contributed by atoms with Crippen molar-refractivity contribution < 1.29 is 4.74 Å². The van der Waals surface area contributed by atoms with Gasteiger partial charge in [-0.2, -0.15) is 0 Å². The second-order valence-corrected chi connectivity index (χ2v) is 4.71. The maximum Gasteiger partial charge on any atom is 0.0960 e. The Morgan fingerprint density at radius 2 is 2.00 bits per heavy atom. The molecule has 0 radical (unpaired) electrons. The summed E-state index contributed by atoms with van der Waals surface area (Å²) in [6.07, 6.45) is 2.94. The van der Waals surface area contributed by atoms with E-state index in [-0.39, 0.29) is 0 Å². The van der Waals surface area contributed by atoms with Gasteiger partial charge in [0.1, 0.15) is 0 Å². The van der Waals surface area contributed by atoms with Crippen molar-refractivity contribution in [2.24, 2.45) is 0 Å². The van der Waals surface area contributed by atoms with Crippen LogP contribution in [0.15, 0.2) is 18.5 Å². The Labute approximate surface area is 102 Å². The molecule has 17 heavy (non-hydrogen) atoms. The van der Waals surface area contributed by atoms with Crippen LogP contribution in [0.5, 0.6) is 0 Å². The molecule has 0 saturated heterocycles. The Balaban J connectivity index is 2.38. The number of hydrogen-bond donors (Lipinski definition) is 0. The highest BCUT2D eigenvalue weighted by molar-refractivity contribution is 5.77. The van der Waals surface area contributed by atoms with Crippen LogP contribution in [0, 0.1) is 13.8 Å². The van der Waals surface area contributed by atoms with Gasteiger partial charge in [0, 0.05) is 19.8 Å². The van der Waals surface area contributed by atoms with Gasteiger partial charge >= 0.3 is 0 Å². The average Bonchev–Trinajstić information content (AvgIpc) is 2.69. The van der Waals surface area contributed by atoms with Crippen molar-refractivity contribution in [1.29, 1.82) is 0 Å². The second-order valence-electron chi connectivity index (χ2n) is 4.71. The van der Waals surface area contributed by atoms with E-state index in [2.05, 4.69) is 42.5 Å². The number of methoxy groups -OCH3 is 1. The summed E-state index contributed by atoms with van der Waals surface area (Å²) in [4.78, 5) is 4.47. The van der Waals surface area contributed by atoms with Gasteiger partial charge in [-0.05, 0) is 50.5 Å². The first-order chi connectivity index (χ1) is 8.13. The molecule has 1 aromatic carbocycles. The largest absolute Gasteiger partial charge is 0.385 e. The molecule has 1 unspecified atom stereocenters. The minimum absolute atomic E-state index is 0.419. The highest BCUT2D eigenvalue weighted by Gasteiger charge is 2.10. The molecular formula is C14H20N2O. The zero-order chi connectivity index (χ0) is 12.4. The number of hydrogen-bond acceptors (Lipinski definition) is 2. The van der Waals surface area contributed by atoms with Crippen molar-refractivity contribution in [1.82, 2.24) is 9.55 Å². The highest BCUT2D eigenvalue weighted by atomic mass is 16.5. The fourth-order valence-electron chi connectivity index (χ4n) is 2.06. The smallest absolute Gasteiger partial charge is 0.0960 e. The van der Waals surface area contributed by atoms with Gasteiger partial charge in [-0.15, -0.1) is 0 Å². The van der Waals surface area contributed by atoms with E-state index in [4.69, 9.17) is 4.74 Å². The molecule has 3 nitrogen and oxygen atoms in total. The monoisotopic (exact) mass is 232 g/mol. The van der Waals surface area contributed by atoms with E-state index in [0.29, 0.717) is 6.04 Å². The molecule has 2 aromatic rings. The third-order valence-corrected chi connectivity index (χ3v) is 3.40. The Morgan fingerprint density at radius 3 is 2.71 bits per heavy atom. The number of imidazole rings is 1. The summed E-state index contributed by atoms with van der Waals surface area (Å²) in [5, 5.41) is 0. The summed E-state index contributed by atoms with van der Waals surface area (Å²) in [7, 11) is 1.74. The predicted octanol–water partition coefficient (Wildman–Crippen LogP) is 3.25. The van der Waals surface area contributed by atoms with Gasteiger partial charge in [0.25, 0.3) is 0 Å².